The van der Waals surface area contributed by atoms with Gasteiger partial charge in [0, 0.05) is 18.9 Å². The van der Waals surface area contributed by atoms with Crippen molar-refractivity contribution in [2.75, 3.05) is 18.9 Å². The molecule has 0 aromatic carbocycles. The van der Waals surface area contributed by atoms with Crippen molar-refractivity contribution in [1.82, 2.24) is 19.6 Å². The minimum absolute atomic E-state index is 0.101. The maximum Gasteiger partial charge on any atom is 0.238 e. The van der Waals surface area contributed by atoms with Crippen LogP contribution in [-0.4, -0.2) is 44.0 Å². The zero-order valence-corrected chi connectivity index (χ0v) is 16.5. The summed E-state index contributed by atoms with van der Waals surface area (Å²) in [4.78, 5) is 8.33. The van der Waals surface area contributed by atoms with E-state index in [4.69, 9.17) is 15.6 Å². The van der Waals surface area contributed by atoms with E-state index in [1.807, 2.05) is 12.3 Å². The molecule has 2 aliphatic rings. The topological polar surface area (TPSA) is 98.6 Å². The lowest BCUT2D eigenvalue weighted by molar-refractivity contribution is -0.00535. The second-order valence-corrected chi connectivity index (χ2v) is 7.73. The van der Waals surface area contributed by atoms with E-state index >= 15 is 0 Å². The van der Waals surface area contributed by atoms with E-state index in [9.17, 15) is 4.39 Å². The van der Waals surface area contributed by atoms with Gasteiger partial charge in [-0.2, -0.15) is 0 Å². The SMILES string of the molecule is CCC1(c2ccc(-c3cc(F)c4cnc(N)nn34)nc2)CC1.OC1CCCOC1. The van der Waals surface area contributed by atoms with Gasteiger partial charge in [-0.1, -0.05) is 13.0 Å². The van der Waals surface area contributed by atoms with Crippen LogP contribution in [0.1, 0.15) is 44.6 Å². The van der Waals surface area contributed by atoms with Gasteiger partial charge in [-0.3, -0.25) is 4.98 Å². The van der Waals surface area contributed by atoms with Crippen LogP contribution in [0.5, 0.6) is 0 Å². The molecule has 1 aliphatic heterocycles. The van der Waals surface area contributed by atoms with E-state index < -0.39 is 0 Å². The first-order valence-electron chi connectivity index (χ1n) is 10.0. The lowest BCUT2D eigenvalue weighted by atomic mass is 9.95. The summed E-state index contributed by atoms with van der Waals surface area (Å²) in [6.07, 6.45) is 8.59. The Hall–Kier alpha value is -2.58. The summed E-state index contributed by atoms with van der Waals surface area (Å²) in [7, 11) is 0. The van der Waals surface area contributed by atoms with Gasteiger partial charge in [0.25, 0.3) is 0 Å². The van der Waals surface area contributed by atoms with Gasteiger partial charge in [-0.05, 0) is 49.1 Å². The Balaban J connectivity index is 0.000000249. The average Bonchev–Trinajstić information content (AvgIpc) is 3.48. The number of anilines is 1. The number of hydrogen-bond acceptors (Lipinski definition) is 6. The molecule has 0 bridgehead atoms. The molecule has 4 heterocycles. The summed E-state index contributed by atoms with van der Waals surface area (Å²) in [5.41, 5.74) is 8.72. The van der Waals surface area contributed by atoms with Gasteiger partial charge in [-0.25, -0.2) is 13.9 Å². The molecule has 154 valence electrons. The number of hydrogen-bond donors (Lipinski definition) is 2. The van der Waals surface area contributed by atoms with Crippen molar-refractivity contribution in [3.8, 4) is 11.4 Å². The van der Waals surface area contributed by atoms with Crippen LogP contribution in [0.2, 0.25) is 0 Å². The van der Waals surface area contributed by atoms with Gasteiger partial charge in [0.15, 0.2) is 5.82 Å². The molecule has 3 aromatic heterocycles. The Morgan fingerprint density at radius 1 is 1.31 bits per heavy atom. The molecule has 1 saturated heterocycles. The van der Waals surface area contributed by atoms with Crippen LogP contribution >= 0.6 is 0 Å². The predicted molar refractivity (Wildman–Crippen MR) is 108 cm³/mol. The number of aromatic nitrogens is 4. The number of aliphatic hydroxyl groups excluding tert-OH is 1. The average molecular weight is 399 g/mol. The highest BCUT2D eigenvalue weighted by molar-refractivity contribution is 5.64. The van der Waals surface area contributed by atoms with Crippen LogP contribution in [0.15, 0.2) is 30.6 Å². The van der Waals surface area contributed by atoms with Crippen LogP contribution in [0.4, 0.5) is 10.3 Å². The van der Waals surface area contributed by atoms with Gasteiger partial charge < -0.3 is 15.6 Å². The number of rotatable bonds is 3. The van der Waals surface area contributed by atoms with E-state index in [0.717, 1.165) is 25.9 Å². The fourth-order valence-electron chi connectivity index (χ4n) is 3.73. The normalized spacial score (nSPS) is 20.2. The smallest absolute Gasteiger partial charge is 0.238 e. The minimum Gasteiger partial charge on any atom is -0.391 e. The van der Waals surface area contributed by atoms with Crippen LogP contribution in [0, 0.1) is 5.82 Å². The van der Waals surface area contributed by atoms with Gasteiger partial charge >= 0.3 is 0 Å². The van der Waals surface area contributed by atoms with E-state index in [2.05, 4.69) is 28.1 Å². The molecule has 1 unspecified atom stereocenters. The molecule has 7 nitrogen and oxygen atoms in total. The molecule has 3 aromatic rings. The number of fused-ring (bicyclic) bond motifs is 1. The molecule has 1 saturated carbocycles. The molecule has 0 amide bonds. The molecule has 0 radical (unpaired) electrons. The quantitative estimate of drug-likeness (QED) is 0.702. The van der Waals surface area contributed by atoms with Crippen molar-refractivity contribution < 1.29 is 14.2 Å². The molecular formula is C21H26FN5O2. The molecule has 3 N–H and O–H groups in total. The first-order chi connectivity index (χ1) is 14.0. The Morgan fingerprint density at radius 2 is 2.14 bits per heavy atom. The third kappa shape index (κ3) is 4.09. The van der Waals surface area contributed by atoms with Gasteiger partial charge in [0.05, 0.1) is 30.3 Å². The molecule has 1 aliphatic carbocycles. The van der Waals surface area contributed by atoms with Crippen molar-refractivity contribution in [2.24, 2.45) is 0 Å². The summed E-state index contributed by atoms with van der Waals surface area (Å²) >= 11 is 0. The van der Waals surface area contributed by atoms with Gasteiger partial charge in [0.1, 0.15) is 5.52 Å². The molecule has 1 atom stereocenters. The monoisotopic (exact) mass is 399 g/mol. The number of nitrogen functional groups attached to an aromatic ring is 1. The second kappa shape index (κ2) is 8.04. The molecule has 0 spiro atoms. The summed E-state index contributed by atoms with van der Waals surface area (Å²) < 4.78 is 20.4. The fourth-order valence-corrected chi connectivity index (χ4v) is 3.73. The highest BCUT2D eigenvalue weighted by Gasteiger charge is 2.42. The van der Waals surface area contributed by atoms with Gasteiger partial charge in [0.2, 0.25) is 5.95 Å². The van der Waals surface area contributed by atoms with E-state index in [1.165, 1.54) is 35.2 Å². The Kier molecular flexibility index (Phi) is 5.47. The van der Waals surface area contributed by atoms with Crippen LogP contribution < -0.4 is 5.73 Å². The molecule has 2 fully saturated rings. The molecule has 5 rings (SSSR count). The van der Waals surface area contributed by atoms with Crippen molar-refractivity contribution in [2.45, 2.75) is 50.5 Å². The zero-order valence-electron chi connectivity index (χ0n) is 16.5. The number of nitrogens with zero attached hydrogens (tertiary/aromatic N) is 4. The number of pyridine rings is 1. The first kappa shape index (κ1) is 19.7. The summed E-state index contributed by atoms with van der Waals surface area (Å²) in [6, 6.07) is 5.42. The molecular weight excluding hydrogens is 373 g/mol. The Labute approximate surface area is 168 Å². The third-order valence-corrected chi connectivity index (χ3v) is 5.79. The Morgan fingerprint density at radius 3 is 2.69 bits per heavy atom. The number of halogens is 1. The lowest BCUT2D eigenvalue weighted by Gasteiger charge is -2.15. The van der Waals surface area contributed by atoms with Crippen LogP contribution in [0.3, 0.4) is 0 Å². The van der Waals surface area contributed by atoms with Crippen LogP contribution in [-0.2, 0) is 10.2 Å². The lowest BCUT2D eigenvalue weighted by Crippen LogP contribution is -2.21. The highest BCUT2D eigenvalue weighted by Crippen LogP contribution is 2.50. The highest BCUT2D eigenvalue weighted by atomic mass is 19.1. The Bertz CT molecular complexity index is 979. The summed E-state index contributed by atoms with van der Waals surface area (Å²) in [6.45, 7) is 3.58. The van der Waals surface area contributed by atoms with E-state index in [-0.39, 0.29) is 17.9 Å². The first-order valence-corrected chi connectivity index (χ1v) is 10.0. The minimum atomic E-state index is -0.381. The fraction of sp³-hybridized carbons (Fsp3) is 0.476. The van der Waals surface area contributed by atoms with Crippen molar-refractivity contribution in [1.29, 1.82) is 0 Å². The van der Waals surface area contributed by atoms with Gasteiger partial charge in [-0.15, -0.1) is 5.10 Å². The summed E-state index contributed by atoms with van der Waals surface area (Å²) in [5.74, 6) is -0.281. The number of nitrogens with two attached hydrogens (primary N) is 1. The largest absolute Gasteiger partial charge is 0.391 e. The molecule has 29 heavy (non-hydrogen) atoms. The predicted octanol–water partition coefficient (Wildman–Crippen LogP) is 3.11. The molecule has 8 heteroatoms. The van der Waals surface area contributed by atoms with E-state index in [1.54, 1.807) is 0 Å². The number of aliphatic hydroxyl groups is 1. The van der Waals surface area contributed by atoms with Crippen molar-refractivity contribution >= 4 is 11.5 Å². The van der Waals surface area contributed by atoms with Crippen molar-refractivity contribution in [3.05, 3.63) is 42.0 Å². The van der Waals surface area contributed by atoms with Crippen molar-refractivity contribution in [3.63, 3.8) is 0 Å². The van der Waals surface area contributed by atoms with Crippen LogP contribution in [0.25, 0.3) is 16.9 Å². The third-order valence-electron chi connectivity index (χ3n) is 5.79. The van der Waals surface area contributed by atoms with E-state index in [0.29, 0.717) is 28.9 Å². The summed E-state index contributed by atoms with van der Waals surface area (Å²) in [5, 5.41) is 12.9. The zero-order chi connectivity index (χ0) is 20.4. The second-order valence-electron chi connectivity index (χ2n) is 7.73. The maximum atomic E-state index is 14.0. The maximum absolute atomic E-state index is 14.0. The standard InChI is InChI=1S/C16H16FN5.C5H10O2/c1-2-16(5-6-16)10-3-4-12(19-8-10)13-7-11(17)14-9-20-15(18)21-22(13)14;6-5-2-1-3-7-4-5/h3-4,7-9H,2,5-6H2,1H3,(H2,18,21);5-6H,1-4H2. The number of ether oxygens (including phenoxy) is 1.